The maximum absolute atomic E-state index is 11.9. The minimum atomic E-state index is -1.29. The van der Waals surface area contributed by atoms with Crippen molar-refractivity contribution >= 4 is 12.1 Å². The summed E-state index contributed by atoms with van der Waals surface area (Å²) in [5, 5.41) is 13.8. The normalized spacial score (nSPS) is 11.8. The molecule has 132 valence electrons. The number of methoxy groups -OCH3 is 3. The quantitative estimate of drug-likeness (QED) is 0.591. The summed E-state index contributed by atoms with van der Waals surface area (Å²) in [7, 11) is 4.53. The van der Waals surface area contributed by atoms with Gasteiger partial charge in [-0.05, 0) is 17.7 Å². The molecule has 0 aliphatic rings. The molecular formula is C18H20N2O5. The van der Waals surface area contributed by atoms with Crippen LogP contribution < -0.4 is 19.6 Å². The van der Waals surface area contributed by atoms with Crippen molar-refractivity contribution < 1.29 is 24.1 Å². The monoisotopic (exact) mass is 344 g/mol. The lowest BCUT2D eigenvalue weighted by Gasteiger charge is -2.12. The molecule has 2 aromatic rings. The number of hydrogen-bond acceptors (Lipinski definition) is 6. The maximum Gasteiger partial charge on any atom is 0.273 e. The molecule has 0 saturated heterocycles. The van der Waals surface area contributed by atoms with Crippen LogP contribution in [0.1, 0.15) is 17.2 Å². The highest BCUT2D eigenvalue weighted by molar-refractivity contribution is 5.86. The number of nitrogens with one attached hydrogen (secondary N) is 1. The highest BCUT2D eigenvalue weighted by Crippen LogP contribution is 2.37. The predicted molar refractivity (Wildman–Crippen MR) is 93.2 cm³/mol. The van der Waals surface area contributed by atoms with E-state index in [4.69, 9.17) is 14.2 Å². The number of amides is 1. The van der Waals surface area contributed by atoms with Gasteiger partial charge in [-0.25, -0.2) is 5.43 Å². The number of hydrazone groups is 1. The largest absolute Gasteiger partial charge is 0.493 e. The zero-order valence-electron chi connectivity index (χ0n) is 14.2. The molecule has 2 aromatic carbocycles. The Labute approximate surface area is 145 Å². The minimum Gasteiger partial charge on any atom is -0.493 e. The number of carbonyl (C=O) groups is 1. The number of aliphatic hydroxyl groups excluding tert-OH is 1. The summed E-state index contributed by atoms with van der Waals surface area (Å²) < 4.78 is 15.7. The van der Waals surface area contributed by atoms with Gasteiger partial charge in [-0.3, -0.25) is 4.79 Å². The molecule has 7 nitrogen and oxygen atoms in total. The summed E-state index contributed by atoms with van der Waals surface area (Å²) in [4.78, 5) is 11.9. The molecule has 1 atom stereocenters. The Hall–Kier alpha value is -3.06. The van der Waals surface area contributed by atoms with Crippen LogP contribution in [-0.2, 0) is 4.79 Å². The first-order chi connectivity index (χ1) is 12.1. The molecule has 0 radical (unpaired) electrons. The Morgan fingerprint density at radius 3 is 2.20 bits per heavy atom. The van der Waals surface area contributed by atoms with Gasteiger partial charge >= 0.3 is 0 Å². The van der Waals surface area contributed by atoms with Crippen LogP contribution in [0.5, 0.6) is 17.2 Å². The average molecular weight is 344 g/mol. The van der Waals surface area contributed by atoms with Crippen LogP contribution in [-0.4, -0.2) is 38.6 Å². The molecule has 0 spiro atoms. The SMILES string of the molecule is COc1cc(C=NNC(=O)C(O)c2ccccc2)cc(OC)c1OC. The number of ether oxygens (including phenoxy) is 3. The van der Waals surface area contributed by atoms with E-state index in [1.165, 1.54) is 27.5 Å². The van der Waals surface area contributed by atoms with E-state index < -0.39 is 12.0 Å². The smallest absolute Gasteiger partial charge is 0.273 e. The Kier molecular flexibility index (Phi) is 6.36. The van der Waals surface area contributed by atoms with E-state index in [0.717, 1.165) is 0 Å². The molecule has 1 amide bonds. The molecule has 1 unspecified atom stereocenters. The van der Waals surface area contributed by atoms with Crippen LogP contribution in [0.2, 0.25) is 0 Å². The second-order valence-electron chi connectivity index (χ2n) is 5.01. The number of aliphatic hydroxyl groups is 1. The fourth-order valence-electron chi connectivity index (χ4n) is 2.19. The van der Waals surface area contributed by atoms with Crippen LogP contribution in [0.15, 0.2) is 47.6 Å². The Balaban J connectivity index is 2.10. The fraction of sp³-hybridized carbons (Fsp3) is 0.222. The molecule has 0 heterocycles. The van der Waals surface area contributed by atoms with E-state index >= 15 is 0 Å². The third-order valence-corrected chi connectivity index (χ3v) is 3.44. The summed E-state index contributed by atoms with van der Waals surface area (Å²) in [6, 6.07) is 12.0. The van der Waals surface area contributed by atoms with E-state index in [2.05, 4.69) is 10.5 Å². The molecule has 7 heteroatoms. The van der Waals surface area contributed by atoms with E-state index in [9.17, 15) is 9.90 Å². The van der Waals surface area contributed by atoms with Crippen LogP contribution in [0.3, 0.4) is 0 Å². The van der Waals surface area contributed by atoms with Crippen molar-refractivity contribution in [3.8, 4) is 17.2 Å². The van der Waals surface area contributed by atoms with Gasteiger partial charge in [-0.1, -0.05) is 30.3 Å². The third-order valence-electron chi connectivity index (χ3n) is 3.44. The van der Waals surface area contributed by atoms with Crippen LogP contribution in [0, 0.1) is 0 Å². The molecule has 0 aliphatic heterocycles. The van der Waals surface area contributed by atoms with Crippen molar-refractivity contribution in [2.45, 2.75) is 6.10 Å². The summed E-state index contributed by atoms with van der Waals surface area (Å²) in [6.07, 6.45) is 0.124. The summed E-state index contributed by atoms with van der Waals surface area (Å²) >= 11 is 0. The standard InChI is InChI=1S/C18H20N2O5/c1-23-14-9-12(10-15(24-2)17(14)25-3)11-19-20-18(22)16(21)13-7-5-4-6-8-13/h4-11,16,21H,1-3H3,(H,20,22). The van der Waals surface area contributed by atoms with E-state index in [-0.39, 0.29) is 0 Å². The predicted octanol–water partition coefficient (Wildman–Crippen LogP) is 1.90. The van der Waals surface area contributed by atoms with Gasteiger partial charge in [0.05, 0.1) is 27.5 Å². The third kappa shape index (κ3) is 4.48. The maximum atomic E-state index is 11.9. The zero-order chi connectivity index (χ0) is 18.2. The van der Waals surface area contributed by atoms with Crippen molar-refractivity contribution in [2.75, 3.05) is 21.3 Å². The van der Waals surface area contributed by atoms with Crippen molar-refractivity contribution in [1.29, 1.82) is 0 Å². The first kappa shape index (κ1) is 18.3. The highest BCUT2D eigenvalue weighted by Gasteiger charge is 2.16. The Morgan fingerprint density at radius 1 is 1.08 bits per heavy atom. The number of hydrogen-bond donors (Lipinski definition) is 2. The first-order valence-electron chi connectivity index (χ1n) is 7.46. The van der Waals surface area contributed by atoms with Gasteiger partial charge < -0.3 is 19.3 Å². The Morgan fingerprint density at radius 2 is 1.68 bits per heavy atom. The van der Waals surface area contributed by atoms with Gasteiger partial charge in [-0.15, -0.1) is 0 Å². The first-order valence-corrected chi connectivity index (χ1v) is 7.46. The summed E-state index contributed by atoms with van der Waals surface area (Å²) in [6.45, 7) is 0. The van der Waals surface area contributed by atoms with Crippen molar-refractivity contribution in [1.82, 2.24) is 5.43 Å². The molecular weight excluding hydrogens is 324 g/mol. The van der Waals surface area contributed by atoms with Crippen molar-refractivity contribution in [3.63, 3.8) is 0 Å². The lowest BCUT2D eigenvalue weighted by Crippen LogP contribution is -2.25. The molecule has 0 saturated carbocycles. The highest BCUT2D eigenvalue weighted by atomic mass is 16.5. The number of rotatable bonds is 7. The van der Waals surface area contributed by atoms with Gasteiger partial charge in [-0.2, -0.15) is 5.10 Å². The van der Waals surface area contributed by atoms with Gasteiger partial charge in [0.2, 0.25) is 5.75 Å². The molecule has 25 heavy (non-hydrogen) atoms. The van der Waals surface area contributed by atoms with Crippen molar-refractivity contribution in [3.05, 3.63) is 53.6 Å². The summed E-state index contributed by atoms with van der Waals surface area (Å²) in [5.74, 6) is 0.776. The van der Waals surface area contributed by atoms with E-state index in [1.807, 2.05) is 0 Å². The lowest BCUT2D eigenvalue weighted by atomic mass is 10.1. The van der Waals surface area contributed by atoms with Gasteiger partial charge in [0, 0.05) is 5.56 Å². The van der Waals surface area contributed by atoms with Gasteiger partial charge in [0.1, 0.15) is 0 Å². The molecule has 0 aromatic heterocycles. The summed E-state index contributed by atoms with van der Waals surface area (Å²) in [5.41, 5.74) is 3.42. The molecule has 0 fully saturated rings. The topological polar surface area (TPSA) is 89.4 Å². The van der Waals surface area contributed by atoms with E-state index in [0.29, 0.717) is 28.4 Å². The molecule has 0 bridgehead atoms. The second-order valence-corrected chi connectivity index (χ2v) is 5.01. The van der Waals surface area contributed by atoms with Crippen LogP contribution in [0.4, 0.5) is 0 Å². The van der Waals surface area contributed by atoms with Gasteiger partial charge in [0.25, 0.3) is 5.91 Å². The molecule has 2 rings (SSSR count). The second kappa shape index (κ2) is 8.70. The van der Waals surface area contributed by atoms with Crippen molar-refractivity contribution in [2.24, 2.45) is 5.10 Å². The average Bonchev–Trinajstić information content (AvgIpc) is 2.66. The lowest BCUT2D eigenvalue weighted by molar-refractivity contribution is -0.129. The fourth-order valence-corrected chi connectivity index (χ4v) is 2.19. The molecule has 0 aliphatic carbocycles. The molecule has 2 N–H and O–H groups in total. The minimum absolute atomic E-state index is 0.464. The number of nitrogens with zero attached hydrogens (tertiary/aromatic N) is 1. The number of benzene rings is 2. The van der Waals surface area contributed by atoms with Crippen LogP contribution >= 0.6 is 0 Å². The van der Waals surface area contributed by atoms with Crippen LogP contribution in [0.25, 0.3) is 0 Å². The Bertz CT molecular complexity index is 721. The van der Waals surface area contributed by atoms with E-state index in [1.54, 1.807) is 42.5 Å². The zero-order valence-corrected chi connectivity index (χ0v) is 14.2. The number of carbonyl (C=O) groups excluding carboxylic acids is 1. The van der Waals surface area contributed by atoms with Gasteiger partial charge in [0.15, 0.2) is 17.6 Å².